The Balaban J connectivity index is 1.30. The van der Waals surface area contributed by atoms with E-state index in [1.165, 1.54) is 23.9 Å². The molecule has 2 aromatic rings. The molecule has 1 fully saturated rings. The number of halogens is 1. The number of amides is 1. The Labute approximate surface area is 188 Å². The van der Waals surface area contributed by atoms with Gasteiger partial charge in [0, 0.05) is 50.5 Å². The molecule has 0 aliphatic carbocycles. The molecule has 0 radical (unpaired) electrons. The van der Waals surface area contributed by atoms with Gasteiger partial charge in [0.15, 0.2) is 0 Å². The smallest absolute Gasteiger partial charge is 0.250 e. The molecule has 1 N–H and O–H groups in total. The van der Waals surface area contributed by atoms with Gasteiger partial charge in [-0.3, -0.25) is 14.9 Å². The fourth-order valence-corrected chi connectivity index (χ4v) is 4.54. The summed E-state index contributed by atoms with van der Waals surface area (Å²) in [7, 11) is 1.36. The quantitative estimate of drug-likeness (QED) is 0.546. The monoisotopic (exact) mass is 443 g/mol. The summed E-state index contributed by atoms with van der Waals surface area (Å²) in [5.41, 5.74) is 4.66. The number of rotatable bonds is 6. The van der Waals surface area contributed by atoms with E-state index in [0.717, 1.165) is 56.2 Å². The van der Waals surface area contributed by atoms with Crippen LogP contribution in [0.1, 0.15) is 29.2 Å². The van der Waals surface area contributed by atoms with E-state index in [0.29, 0.717) is 11.7 Å². The molecule has 2 aliphatic rings. The van der Waals surface area contributed by atoms with E-state index < -0.39 is 0 Å². The van der Waals surface area contributed by atoms with Gasteiger partial charge in [-0.25, -0.2) is 5.06 Å². The van der Waals surface area contributed by atoms with Crippen molar-refractivity contribution < 1.29 is 14.7 Å². The van der Waals surface area contributed by atoms with Gasteiger partial charge in [0.2, 0.25) is 5.91 Å². The summed E-state index contributed by atoms with van der Waals surface area (Å²) in [4.78, 5) is 16.7. The maximum atomic E-state index is 11.8. The first-order chi connectivity index (χ1) is 15.0. The molecule has 1 atom stereocenters. The molecular formula is C24H30ClN3O3. The summed E-state index contributed by atoms with van der Waals surface area (Å²) in [5.74, 6) is -0.304. The Morgan fingerprint density at radius 2 is 1.90 bits per heavy atom. The van der Waals surface area contributed by atoms with Crippen LogP contribution in [0.3, 0.4) is 0 Å². The number of carbonyl (C=O) groups is 1. The zero-order valence-corrected chi connectivity index (χ0v) is 18.7. The van der Waals surface area contributed by atoms with E-state index >= 15 is 0 Å². The maximum absolute atomic E-state index is 11.8. The Bertz CT molecular complexity index is 895. The number of piperazine rings is 1. The minimum Gasteiger partial charge on any atom is -0.373 e. The van der Waals surface area contributed by atoms with Crippen molar-refractivity contribution in [1.29, 1.82) is 0 Å². The van der Waals surface area contributed by atoms with Crippen LogP contribution >= 0.6 is 11.6 Å². The SMILES string of the molecule is CN(O)C(=O)Cc1ccc2c(c1)CCO[C@H]2CCN1CCN(c2ccc(Cl)cc2)CC1. The number of likely N-dealkylation sites (N-methyl/N-ethyl adjacent to an activating group) is 1. The molecule has 1 saturated heterocycles. The van der Waals surface area contributed by atoms with Crippen LogP contribution in [0, 0.1) is 0 Å². The molecule has 0 aromatic heterocycles. The molecule has 0 unspecified atom stereocenters. The standard InChI is InChI=1S/C24H30ClN3O3/c1-26(30)24(29)17-18-2-7-22-19(16-18)9-15-31-23(22)8-10-27-11-13-28(14-12-27)21-5-3-20(25)4-6-21/h2-7,16,23,30H,8-15,17H2,1H3/t23-/m0/s1. The summed E-state index contributed by atoms with van der Waals surface area (Å²) in [6.45, 7) is 5.82. The molecule has 0 saturated carbocycles. The molecule has 166 valence electrons. The van der Waals surface area contributed by atoms with Crippen molar-refractivity contribution in [2.24, 2.45) is 0 Å². The number of carbonyl (C=O) groups excluding carboxylic acids is 1. The highest BCUT2D eigenvalue weighted by Crippen LogP contribution is 2.31. The van der Waals surface area contributed by atoms with Crippen molar-refractivity contribution in [3.8, 4) is 0 Å². The summed E-state index contributed by atoms with van der Waals surface area (Å²) < 4.78 is 6.09. The first-order valence-corrected chi connectivity index (χ1v) is 11.3. The molecule has 2 aromatic carbocycles. The average Bonchev–Trinajstić information content (AvgIpc) is 2.78. The van der Waals surface area contributed by atoms with E-state index in [1.807, 2.05) is 18.2 Å². The molecule has 6 nitrogen and oxygen atoms in total. The van der Waals surface area contributed by atoms with Crippen LogP contribution in [-0.2, 0) is 22.4 Å². The number of nitrogens with zero attached hydrogens (tertiary/aromatic N) is 3. The number of benzene rings is 2. The topological polar surface area (TPSA) is 56.2 Å². The predicted molar refractivity (Wildman–Crippen MR) is 122 cm³/mol. The van der Waals surface area contributed by atoms with Gasteiger partial charge in [-0.15, -0.1) is 0 Å². The Kier molecular flexibility index (Phi) is 7.13. The summed E-state index contributed by atoms with van der Waals surface area (Å²) in [6, 6.07) is 14.2. The predicted octanol–water partition coefficient (Wildman–Crippen LogP) is 3.56. The minimum atomic E-state index is -0.304. The molecular weight excluding hydrogens is 414 g/mol. The minimum absolute atomic E-state index is 0.100. The van der Waals surface area contributed by atoms with Gasteiger partial charge in [-0.2, -0.15) is 0 Å². The third kappa shape index (κ3) is 5.57. The van der Waals surface area contributed by atoms with Crippen molar-refractivity contribution >= 4 is 23.2 Å². The lowest BCUT2D eigenvalue weighted by Crippen LogP contribution is -2.46. The Hall–Kier alpha value is -2.12. The van der Waals surface area contributed by atoms with E-state index in [1.54, 1.807) is 0 Å². The Morgan fingerprint density at radius 3 is 2.61 bits per heavy atom. The van der Waals surface area contributed by atoms with Gasteiger partial charge in [0.25, 0.3) is 0 Å². The molecule has 2 heterocycles. The van der Waals surface area contributed by atoms with Crippen LogP contribution in [-0.4, -0.2) is 67.5 Å². The second-order valence-electron chi connectivity index (χ2n) is 8.33. The molecule has 1 amide bonds. The van der Waals surface area contributed by atoms with Gasteiger partial charge in [-0.1, -0.05) is 29.8 Å². The number of hydrogen-bond donors (Lipinski definition) is 1. The summed E-state index contributed by atoms with van der Waals surface area (Å²) in [5, 5.41) is 10.7. The van der Waals surface area contributed by atoms with Gasteiger partial charge in [0.1, 0.15) is 0 Å². The summed E-state index contributed by atoms with van der Waals surface area (Å²) in [6.07, 6.45) is 2.14. The van der Waals surface area contributed by atoms with Crippen LogP contribution in [0.15, 0.2) is 42.5 Å². The third-order valence-corrected chi connectivity index (χ3v) is 6.48. The molecule has 4 rings (SSSR count). The number of fused-ring (bicyclic) bond motifs is 1. The zero-order chi connectivity index (χ0) is 21.8. The first kappa shape index (κ1) is 22.1. The van der Waals surface area contributed by atoms with Crippen LogP contribution in [0.4, 0.5) is 5.69 Å². The molecule has 2 aliphatic heterocycles. The average molecular weight is 444 g/mol. The van der Waals surface area contributed by atoms with E-state index in [4.69, 9.17) is 16.3 Å². The highest BCUT2D eigenvalue weighted by Gasteiger charge is 2.24. The second kappa shape index (κ2) is 10.0. The molecule has 31 heavy (non-hydrogen) atoms. The second-order valence-corrected chi connectivity index (χ2v) is 8.77. The number of anilines is 1. The lowest BCUT2D eigenvalue weighted by Gasteiger charge is -2.37. The van der Waals surface area contributed by atoms with E-state index in [2.05, 4.69) is 34.1 Å². The summed E-state index contributed by atoms with van der Waals surface area (Å²) >= 11 is 6.00. The fourth-order valence-electron chi connectivity index (χ4n) is 4.41. The highest BCUT2D eigenvalue weighted by molar-refractivity contribution is 6.30. The van der Waals surface area contributed by atoms with Gasteiger partial charge >= 0.3 is 0 Å². The molecule has 7 heteroatoms. The van der Waals surface area contributed by atoms with Crippen LogP contribution < -0.4 is 4.90 Å². The van der Waals surface area contributed by atoms with Crippen molar-refractivity contribution in [2.75, 3.05) is 51.3 Å². The number of hydrogen-bond acceptors (Lipinski definition) is 5. The molecule has 0 spiro atoms. The largest absolute Gasteiger partial charge is 0.373 e. The van der Waals surface area contributed by atoms with E-state index in [9.17, 15) is 10.0 Å². The van der Waals surface area contributed by atoms with Crippen molar-refractivity contribution in [1.82, 2.24) is 9.96 Å². The van der Waals surface area contributed by atoms with Crippen molar-refractivity contribution in [2.45, 2.75) is 25.4 Å². The zero-order valence-electron chi connectivity index (χ0n) is 18.0. The van der Waals surface area contributed by atoms with Crippen molar-refractivity contribution in [3.63, 3.8) is 0 Å². The van der Waals surface area contributed by atoms with Gasteiger partial charge in [0.05, 0.1) is 19.1 Å². The van der Waals surface area contributed by atoms with Crippen LogP contribution in [0.2, 0.25) is 5.02 Å². The Morgan fingerprint density at radius 1 is 1.16 bits per heavy atom. The highest BCUT2D eigenvalue weighted by atomic mass is 35.5. The number of hydroxylamine groups is 2. The van der Waals surface area contributed by atoms with Crippen LogP contribution in [0.25, 0.3) is 0 Å². The van der Waals surface area contributed by atoms with Gasteiger partial charge < -0.3 is 9.64 Å². The number of ether oxygens (including phenoxy) is 1. The normalized spacial score (nSPS) is 19.2. The van der Waals surface area contributed by atoms with E-state index in [-0.39, 0.29) is 18.4 Å². The maximum Gasteiger partial charge on any atom is 0.250 e. The molecule has 0 bridgehead atoms. The lowest BCUT2D eigenvalue weighted by molar-refractivity contribution is -0.158. The third-order valence-electron chi connectivity index (χ3n) is 6.23. The lowest BCUT2D eigenvalue weighted by atomic mass is 9.93. The van der Waals surface area contributed by atoms with Crippen LogP contribution in [0.5, 0.6) is 0 Å². The fraction of sp³-hybridized carbons (Fsp3) is 0.458. The van der Waals surface area contributed by atoms with Crippen molar-refractivity contribution in [3.05, 3.63) is 64.2 Å². The van der Waals surface area contributed by atoms with Gasteiger partial charge in [-0.05, 0) is 53.8 Å². The first-order valence-electron chi connectivity index (χ1n) is 10.9.